The van der Waals surface area contributed by atoms with Crippen LogP contribution in [0, 0.1) is 38.9 Å². The molecule has 0 rings (SSSR count). The van der Waals surface area contributed by atoms with Crippen LogP contribution in [0.5, 0.6) is 0 Å². The number of rotatable bonds is 0. The van der Waals surface area contributed by atoms with Gasteiger partial charge in [0.15, 0.2) is 0 Å². The van der Waals surface area contributed by atoms with Gasteiger partial charge < -0.3 is 0 Å². The van der Waals surface area contributed by atoms with Crippen LogP contribution in [0.2, 0.25) is 0 Å². The van der Waals surface area contributed by atoms with Crippen LogP contribution in [0.25, 0.3) is 0 Å². The van der Waals surface area contributed by atoms with Crippen molar-refractivity contribution in [1.82, 2.24) is 0 Å². The molecule has 2 nitrogen and oxygen atoms in total. The van der Waals surface area contributed by atoms with Crippen LogP contribution in [0.1, 0.15) is 0 Å². The van der Waals surface area contributed by atoms with Crippen LogP contribution < -0.4 is 0 Å². The molecule has 0 radical (unpaired) electrons. The zero-order chi connectivity index (χ0) is 4.00. The SMILES string of the molecule is O=P.[O]=[Nd]. The topological polar surface area (TPSA) is 34.1 Å². The Hall–Kier alpha value is 1.25. The normalized spacial score (nSPS) is 1.75. The first-order chi connectivity index (χ1) is 2.00. The summed E-state index contributed by atoms with van der Waals surface area (Å²) in [4.78, 5) is 0. The van der Waals surface area contributed by atoms with Crippen molar-refractivity contribution in [1.29, 1.82) is 0 Å². The fourth-order valence-corrected chi connectivity index (χ4v) is 0. The van der Waals surface area contributed by atoms with Gasteiger partial charge in [0.1, 0.15) is 9.12 Å². The molecule has 0 heterocycles. The molecule has 0 saturated heterocycles. The van der Waals surface area contributed by atoms with Gasteiger partial charge in [-0.15, -0.1) is 0 Å². The number of hydrogen-bond acceptors (Lipinski definition) is 2. The minimum absolute atomic E-state index is 0.0556. The molecule has 0 aliphatic rings. The van der Waals surface area contributed by atoms with Crippen LogP contribution in [-0.4, -0.2) is 0 Å². The Labute approximate surface area is 53.0 Å². The summed E-state index contributed by atoms with van der Waals surface area (Å²) in [6.07, 6.45) is 0. The van der Waals surface area contributed by atoms with Crippen LogP contribution >= 0.6 is 9.12 Å². The Balaban J connectivity index is 0. The third-order valence-electron chi connectivity index (χ3n) is 0. The van der Waals surface area contributed by atoms with Crippen molar-refractivity contribution in [2.45, 2.75) is 0 Å². The van der Waals surface area contributed by atoms with Gasteiger partial charge in [0.05, 0.1) is 0 Å². The van der Waals surface area contributed by atoms with Crippen molar-refractivity contribution in [3.8, 4) is 0 Å². The van der Waals surface area contributed by atoms with E-state index in [9.17, 15) is 0 Å². The van der Waals surface area contributed by atoms with E-state index in [1.54, 1.807) is 9.12 Å². The minimum atomic E-state index is 0.0556. The van der Waals surface area contributed by atoms with Gasteiger partial charge in [-0.05, 0) is 0 Å². The summed E-state index contributed by atoms with van der Waals surface area (Å²) in [6.45, 7) is 0. The maximum atomic E-state index is 8.39. The van der Waals surface area contributed by atoms with E-state index < -0.39 is 0 Å². The maximum absolute atomic E-state index is 8.39. The predicted molar refractivity (Wildman–Crippen MR) is 9.69 cm³/mol. The summed E-state index contributed by atoms with van der Waals surface area (Å²) in [5, 5.41) is 0. The van der Waals surface area contributed by atoms with Crippen LogP contribution in [0.4, 0.5) is 0 Å². The second-order valence-corrected chi connectivity index (χ2v) is 0. The average Bonchev–Trinajstić information content (AvgIpc) is 1.50. The van der Waals surface area contributed by atoms with Gasteiger partial charge in [0, 0.05) is 0 Å². The molecule has 0 aromatic rings. The number of hydrogen-bond donors (Lipinski definition) is 0. The Bertz CT molecular complexity index is 8.00. The van der Waals surface area contributed by atoms with Crippen LogP contribution in [0.15, 0.2) is 0 Å². The quantitative estimate of drug-likeness (QED) is 0.538. The molecule has 0 N–H and O–H groups in total. The molecule has 22 valence electrons. The fourth-order valence-electron chi connectivity index (χ4n) is 0. The standard InChI is InChI=1S/Nd.HOP.O/c;1-2;/h;2H;. The van der Waals surface area contributed by atoms with E-state index in [2.05, 4.69) is 0 Å². The van der Waals surface area contributed by atoms with Gasteiger partial charge in [-0.3, -0.25) is 4.57 Å². The molecular formula is HNdO2P. The molecule has 0 atom stereocenters. The van der Waals surface area contributed by atoms with Gasteiger partial charge in [0.2, 0.25) is 0 Å². The summed E-state index contributed by atoms with van der Waals surface area (Å²) < 4.78 is 16.4. The molecule has 0 unspecified atom stereocenters. The van der Waals surface area contributed by atoms with Gasteiger partial charge in [0.25, 0.3) is 0 Å². The van der Waals surface area contributed by atoms with Gasteiger partial charge in [-0.1, -0.05) is 0 Å². The van der Waals surface area contributed by atoms with E-state index in [0.717, 1.165) is 0 Å². The third kappa shape index (κ3) is 10.5. The molecule has 4 heteroatoms. The van der Waals surface area contributed by atoms with E-state index in [0.29, 0.717) is 0 Å². The molecule has 0 aliphatic heterocycles. The van der Waals surface area contributed by atoms with Crippen LogP contribution in [0.3, 0.4) is 0 Å². The zero-order valence-electron chi connectivity index (χ0n) is 1.82. The summed E-state index contributed by atoms with van der Waals surface area (Å²) >= 11 is 0.0556. The van der Waals surface area contributed by atoms with Crippen molar-refractivity contribution in [3.05, 3.63) is 0 Å². The average molecular weight is 208 g/mol. The van der Waals surface area contributed by atoms with E-state index in [4.69, 9.17) is 5.62 Å². The molecule has 0 aliphatic carbocycles. The molecule has 0 spiro atoms. The first-order valence-electron chi connectivity index (χ1n) is 0.408. The first kappa shape index (κ1) is 8.98. The molecule has 0 saturated carbocycles. The predicted octanol–water partition coefficient (Wildman–Crippen LogP) is 0.356. The molecule has 4 heavy (non-hydrogen) atoms. The van der Waals surface area contributed by atoms with Gasteiger partial charge in [-0.2, -0.15) is 0 Å². The second kappa shape index (κ2) is 28.7. The van der Waals surface area contributed by atoms with Crippen molar-refractivity contribution in [2.24, 2.45) is 0 Å². The van der Waals surface area contributed by atoms with Crippen molar-refractivity contribution in [2.75, 3.05) is 0 Å². The Kier molecular flexibility index (Phi) is 64.5. The van der Waals surface area contributed by atoms with Crippen molar-refractivity contribution < 1.29 is 44.5 Å². The molecule has 0 amide bonds. The molecule has 0 aromatic carbocycles. The molecule has 0 fully saturated rings. The summed E-state index contributed by atoms with van der Waals surface area (Å²) in [7, 11) is 1.72. The molecule has 0 bridgehead atoms. The monoisotopic (exact) mass is 206 g/mol. The third-order valence-corrected chi connectivity index (χ3v) is 0. The van der Waals surface area contributed by atoms with E-state index in [1.807, 2.05) is 0 Å². The Morgan fingerprint density at radius 1 is 1.25 bits per heavy atom. The van der Waals surface area contributed by atoms with Crippen molar-refractivity contribution in [3.63, 3.8) is 0 Å². The Morgan fingerprint density at radius 2 is 1.25 bits per heavy atom. The second-order valence-electron chi connectivity index (χ2n) is 0. The fraction of sp³-hybridized carbons (Fsp3) is 0. The Morgan fingerprint density at radius 3 is 1.25 bits per heavy atom. The van der Waals surface area contributed by atoms with Crippen LogP contribution in [-0.2, 0) is 5.62 Å². The van der Waals surface area contributed by atoms with Gasteiger partial charge >= 0.3 is 39.9 Å². The molecule has 0 aromatic heterocycles. The summed E-state index contributed by atoms with van der Waals surface area (Å²) in [5.74, 6) is 0. The van der Waals surface area contributed by atoms with E-state index >= 15 is 0 Å². The van der Waals surface area contributed by atoms with Crippen molar-refractivity contribution >= 4 is 9.12 Å². The van der Waals surface area contributed by atoms with E-state index in [-0.39, 0.29) is 38.9 Å². The summed E-state index contributed by atoms with van der Waals surface area (Å²) in [5.41, 5.74) is 0. The zero-order valence-corrected chi connectivity index (χ0v) is 6.02. The first-order valence-corrected chi connectivity index (χ1v) is 2.13. The van der Waals surface area contributed by atoms with Gasteiger partial charge in [-0.25, -0.2) is 0 Å². The molecular weight excluding hydrogens is 207 g/mol. The van der Waals surface area contributed by atoms with E-state index in [1.165, 1.54) is 0 Å². The summed E-state index contributed by atoms with van der Waals surface area (Å²) in [6, 6.07) is 0.